The van der Waals surface area contributed by atoms with E-state index in [-0.39, 0.29) is 22.9 Å². The summed E-state index contributed by atoms with van der Waals surface area (Å²) in [6, 6.07) is 20.7. The van der Waals surface area contributed by atoms with Crippen LogP contribution >= 0.6 is 0 Å². The molecule has 0 fully saturated rings. The predicted octanol–water partition coefficient (Wildman–Crippen LogP) is 11.0. The number of benzene rings is 2. The first kappa shape index (κ1) is 34.4. The van der Waals surface area contributed by atoms with Crippen LogP contribution in [0.25, 0.3) is 0 Å². The lowest BCUT2D eigenvalue weighted by Gasteiger charge is -2.49. The standard InChI is InChI=1S/C35H56O.C2H6/c1-12-25(3)35(10,11)32(27-17-15-14-16-18-27)30(13-2)26(4)31(34(8,9)23-24-36)28-19-21-29(22-20-28)33(5,6)7;1-2/h14-22,25-26,30-32,36H,12-13,23-24H2,1-11H3;1-2H3. The number of hydrogen-bond donors (Lipinski definition) is 1. The van der Waals surface area contributed by atoms with Gasteiger partial charge in [0.15, 0.2) is 0 Å². The molecule has 38 heavy (non-hydrogen) atoms. The molecule has 0 heterocycles. The lowest BCUT2D eigenvalue weighted by Crippen LogP contribution is -2.40. The van der Waals surface area contributed by atoms with Crippen LogP contribution in [0.5, 0.6) is 0 Å². The minimum atomic E-state index is -0.00735. The predicted molar refractivity (Wildman–Crippen MR) is 170 cm³/mol. The zero-order valence-corrected chi connectivity index (χ0v) is 27.4. The second kappa shape index (κ2) is 14.7. The topological polar surface area (TPSA) is 20.2 Å². The molecule has 0 amide bonds. The van der Waals surface area contributed by atoms with Gasteiger partial charge >= 0.3 is 0 Å². The fourth-order valence-corrected chi connectivity index (χ4v) is 6.98. The zero-order valence-electron chi connectivity index (χ0n) is 27.4. The van der Waals surface area contributed by atoms with Crippen molar-refractivity contribution in [2.24, 2.45) is 28.6 Å². The first-order valence-electron chi connectivity index (χ1n) is 15.5. The van der Waals surface area contributed by atoms with E-state index < -0.39 is 0 Å². The quantitative estimate of drug-likeness (QED) is 0.294. The van der Waals surface area contributed by atoms with Gasteiger partial charge in [0, 0.05) is 6.61 Å². The molecule has 0 aliphatic heterocycles. The van der Waals surface area contributed by atoms with Crippen molar-refractivity contribution in [3.63, 3.8) is 0 Å². The average Bonchev–Trinajstić information content (AvgIpc) is 2.87. The van der Waals surface area contributed by atoms with Crippen molar-refractivity contribution in [3.05, 3.63) is 71.3 Å². The Kier molecular flexibility index (Phi) is 13.3. The van der Waals surface area contributed by atoms with Gasteiger partial charge in [-0.05, 0) is 68.9 Å². The molecule has 216 valence electrons. The summed E-state index contributed by atoms with van der Waals surface area (Å²) in [6.07, 6.45) is 3.14. The van der Waals surface area contributed by atoms with Crippen molar-refractivity contribution < 1.29 is 5.11 Å². The molecule has 0 radical (unpaired) electrons. The minimum Gasteiger partial charge on any atom is -0.396 e. The van der Waals surface area contributed by atoms with E-state index in [0.717, 1.165) is 12.8 Å². The fourth-order valence-electron chi connectivity index (χ4n) is 6.98. The third kappa shape index (κ3) is 8.20. The van der Waals surface area contributed by atoms with Crippen LogP contribution in [-0.2, 0) is 5.41 Å². The van der Waals surface area contributed by atoms with Crippen molar-refractivity contribution in [3.8, 4) is 0 Å². The molecule has 5 atom stereocenters. The Morgan fingerprint density at radius 3 is 1.61 bits per heavy atom. The van der Waals surface area contributed by atoms with Crippen molar-refractivity contribution in [2.45, 2.75) is 127 Å². The number of rotatable bonds is 12. The van der Waals surface area contributed by atoms with Gasteiger partial charge in [0.25, 0.3) is 0 Å². The summed E-state index contributed by atoms with van der Waals surface area (Å²) in [4.78, 5) is 0. The van der Waals surface area contributed by atoms with E-state index >= 15 is 0 Å². The molecule has 0 bridgehead atoms. The molecule has 0 saturated carbocycles. The number of aliphatic hydroxyl groups is 1. The van der Waals surface area contributed by atoms with E-state index in [9.17, 15) is 5.11 Å². The maximum absolute atomic E-state index is 10.0. The van der Waals surface area contributed by atoms with E-state index in [2.05, 4.69) is 131 Å². The first-order valence-corrected chi connectivity index (χ1v) is 15.5. The summed E-state index contributed by atoms with van der Waals surface area (Å²) in [5.41, 5.74) is 4.58. The van der Waals surface area contributed by atoms with Crippen molar-refractivity contribution in [1.82, 2.24) is 0 Å². The summed E-state index contributed by atoms with van der Waals surface area (Å²) >= 11 is 0. The third-order valence-corrected chi connectivity index (χ3v) is 9.68. The zero-order chi connectivity index (χ0) is 29.3. The second-order valence-corrected chi connectivity index (χ2v) is 13.8. The van der Waals surface area contributed by atoms with Crippen molar-refractivity contribution in [2.75, 3.05) is 6.61 Å². The Bertz CT molecular complexity index is 900. The molecule has 2 aromatic rings. The molecule has 0 aliphatic carbocycles. The summed E-state index contributed by atoms with van der Waals surface area (Å²) < 4.78 is 0. The summed E-state index contributed by atoms with van der Waals surface area (Å²) in [6.45, 7) is 30.5. The van der Waals surface area contributed by atoms with Gasteiger partial charge in [0.05, 0.1) is 0 Å². The van der Waals surface area contributed by atoms with Crippen molar-refractivity contribution >= 4 is 0 Å². The fraction of sp³-hybridized carbons (Fsp3) is 0.676. The highest BCUT2D eigenvalue weighted by Gasteiger charge is 2.45. The van der Waals surface area contributed by atoms with E-state index in [1.54, 1.807) is 0 Å². The van der Waals surface area contributed by atoms with Gasteiger partial charge in [-0.25, -0.2) is 0 Å². The highest BCUT2D eigenvalue weighted by atomic mass is 16.3. The lowest BCUT2D eigenvalue weighted by molar-refractivity contribution is 0.0640. The number of aliphatic hydroxyl groups excluding tert-OH is 1. The van der Waals surface area contributed by atoms with E-state index in [1.165, 1.54) is 23.1 Å². The van der Waals surface area contributed by atoms with Crippen LogP contribution in [0.15, 0.2) is 54.6 Å². The van der Waals surface area contributed by atoms with Gasteiger partial charge in [-0.2, -0.15) is 0 Å². The van der Waals surface area contributed by atoms with E-state index in [0.29, 0.717) is 29.6 Å². The maximum atomic E-state index is 10.0. The Hall–Kier alpha value is -1.60. The van der Waals surface area contributed by atoms with Gasteiger partial charge in [0.1, 0.15) is 0 Å². The van der Waals surface area contributed by atoms with Crippen LogP contribution in [-0.4, -0.2) is 11.7 Å². The monoisotopic (exact) mass is 522 g/mol. The van der Waals surface area contributed by atoms with Crippen LogP contribution in [0.4, 0.5) is 0 Å². The molecule has 1 nitrogen and oxygen atoms in total. The first-order chi connectivity index (χ1) is 17.7. The van der Waals surface area contributed by atoms with Gasteiger partial charge < -0.3 is 5.11 Å². The molecular weight excluding hydrogens is 460 g/mol. The minimum absolute atomic E-state index is 0.00735. The summed E-state index contributed by atoms with van der Waals surface area (Å²) in [7, 11) is 0. The Morgan fingerprint density at radius 2 is 1.18 bits per heavy atom. The molecule has 0 aromatic heterocycles. The molecule has 1 heteroatoms. The van der Waals surface area contributed by atoms with Crippen molar-refractivity contribution in [1.29, 1.82) is 0 Å². The molecule has 2 aromatic carbocycles. The summed E-state index contributed by atoms with van der Waals surface area (Å²) in [5, 5.41) is 10.0. The largest absolute Gasteiger partial charge is 0.396 e. The van der Waals surface area contributed by atoms with E-state index in [1.807, 2.05) is 13.8 Å². The summed E-state index contributed by atoms with van der Waals surface area (Å²) in [5.74, 6) is 2.45. The SMILES string of the molecule is CC.CCC(C(C)C(c1ccc(C(C)(C)C)cc1)C(C)(C)CCO)C(c1ccccc1)C(C)(C)C(C)CC. The molecule has 5 unspecified atom stereocenters. The molecule has 2 rings (SSSR count). The van der Waals surface area contributed by atoms with Crippen LogP contribution < -0.4 is 0 Å². The average molecular weight is 523 g/mol. The normalized spacial score (nSPS) is 16.6. The lowest BCUT2D eigenvalue weighted by atomic mass is 9.55. The molecule has 1 N–H and O–H groups in total. The molecule has 0 spiro atoms. The molecular formula is C37H62O. The third-order valence-electron chi connectivity index (χ3n) is 9.68. The smallest absolute Gasteiger partial charge is 0.0436 e. The van der Waals surface area contributed by atoms with Gasteiger partial charge in [-0.3, -0.25) is 0 Å². The van der Waals surface area contributed by atoms with Crippen LogP contribution in [0.2, 0.25) is 0 Å². The Balaban J connectivity index is 0.00000352. The van der Waals surface area contributed by atoms with Gasteiger partial charge in [0.2, 0.25) is 0 Å². The van der Waals surface area contributed by atoms with Crippen LogP contribution in [0.3, 0.4) is 0 Å². The second-order valence-electron chi connectivity index (χ2n) is 13.8. The van der Waals surface area contributed by atoms with E-state index in [4.69, 9.17) is 0 Å². The molecule has 0 aliphatic rings. The van der Waals surface area contributed by atoms with Gasteiger partial charge in [-0.15, -0.1) is 0 Å². The van der Waals surface area contributed by atoms with Gasteiger partial charge in [-0.1, -0.05) is 157 Å². The molecule has 0 saturated heterocycles. The number of hydrogen-bond acceptors (Lipinski definition) is 1. The highest BCUT2D eigenvalue weighted by Crippen LogP contribution is 2.55. The van der Waals surface area contributed by atoms with Crippen LogP contribution in [0.1, 0.15) is 138 Å². The maximum Gasteiger partial charge on any atom is 0.0436 e. The van der Waals surface area contributed by atoms with Crippen LogP contribution in [0, 0.1) is 28.6 Å². The highest BCUT2D eigenvalue weighted by molar-refractivity contribution is 5.32. The Morgan fingerprint density at radius 1 is 0.684 bits per heavy atom. The Labute approximate surface area is 237 Å².